The number of aromatic nitrogens is 2. The van der Waals surface area contributed by atoms with Gasteiger partial charge in [0.2, 0.25) is 0 Å². The first-order valence-electron chi connectivity index (χ1n) is 5.61. The summed E-state index contributed by atoms with van der Waals surface area (Å²) in [7, 11) is 0. The van der Waals surface area contributed by atoms with E-state index in [1.807, 2.05) is 0 Å². The van der Waals surface area contributed by atoms with E-state index in [4.69, 9.17) is 0 Å². The molecule has 1 heterocycles. The summed E-state index contributed by atoms with van der Waals surface area (Å²) in [6.07, 6.45) is 7.45. The van der Waals surface area contributed by atoms with E-state index in [1.54, 1.807) is 12.4 Å². The summed E-state index contributed by atoms with van der Waals surface area (Å²) in [6, 6.07) is 0. The van der Waals surface area contributed by atoms with Gasteiger partial charge < -0.3 is 10.1 Å². The molecule has 1 aliphatic rings. The van der Waals surface area contributed by atoms with Crippen molar-refractivity contribution in [3.63, 3.8) is 0 Å². The first-order chi connectivity index (χ1) is 7.64. The van der Waals surface area contributed by atoms with E-state index >= 15 is 0 Å². The number of hydrogen-bond acceptors (Lipinski definition) is 2. The van der Waals surface area contributed by atoms with Gasteiger partial charge in [-0.25, -0.2) is 4.79 Å². The van der Waals surface area contributed by atoms with E-state index in [0.29, 0.717) is 12.8 Å². The number of carboxylic acid groups (broad SMARTS) is 1. The predicted octanol–water partition coefficient (Wildman–Crippen LogP) is 1.21. The van der Waals surface area contributed by atoms with E-state index in [1.165, 1.54) is 4.57 Å². The van der Waals surface area contributed by atoms with Gasteiger partial charge in [-0.1, -0.05) is 19.3 Å². The first-order valence-corrected chi connectivity index (χ1v) is 5.61. The number of aliphatic carboxylic acids is 1. The lowest BCUT2D eigenvalue weighted by molar-refractivity contribution is -0.152. The Morgan fingerprint density at radius 3 is 2.62 bits per heavy atom. The smallest absolute Gasteiger partial charge is 0.325 e. The van der Waals surface area contributed by atoms with Gasteiger partial charge in [0, 0.05) is 18.9 Å². The Hall–Kier alpha value is -1.52. The Morgan fingerprint density at radius 1 is 1.44 bits per heavy atom. The third-order valence-corrected chi connectivity index (χ3v) is 3.46. The number of nitrogens with zero attached hydrogens (tertiary/aromatic N) is 1. The maximum absolute atomic E-state index is 11.4. The summed E-state index contributed by atoms with van der Waals surface area (Å²) < 4.78 is 1.46. The van der Waals surface area contributed by atoms with E-state index < -0.39 is 11.4 Å². The van der Waals surface area contributed by atoms with E-state index in [-0.39, 0.29) is 12.2 Å². The molecular formula is C11H16N2O3. The molecule has 5 heteroatoms. The van der Waals surface area contributed by atoms with Gasteiger partial charge >= 0.3 is 11.7 Å². The Balaban J connectivity index is 2.24. The van der Waals surface area contributed by atoms with Crippen molar-refractivity contribution in [2.75, 3.05) is 0 Å². The topological polar surface area (TPSA) is 75.1 Å². The fraction of sp³-hybridized carbons (Fsp3) is 0.636. The lowest BCUT2D eigenvalue weighted by Crippen LogP contribution is -2.39. The minimum absolute atomic E-state index is 0.230. The summed E-state index contributed by atoms with van der Waals surface area (Å²) in [4.78, 5) is 25.3. The van der Waals surface area contributed by atoms with Crippen LogP contribution in [0.5, 0.6) is 0 Å². The fourth-order valence-corrected chi connectivity index (χ4v) is 2.47. The molecule has 0 bridgehead atoms. The number of carbonyl (C=O) groups is 1. The highest BCUT2D eigenvalue weighted by molar-refractivity contribution is 5.74. The average molecular weight is 224 g/mol. The molecule has 1 aromatic rings. The van der Waals surface area contributed by atoms with Gasteiger partial charge in [-0.2, -0.15) is 0 Å². The van der Waals surface area contributed by atoms with Crippen LogP contribution in [0.25, 0.3) is 0 Å². The van der Waals surface area contributed by atoms with E-state index in [2.05, 4.69) is 4.98 Å². The number of aromatic amines is 1. The Morgan fingerprint density at radius 2 is 2.12 bits per heavy atom. The molecule has 1 fully saturated rings. The third kappa shape index (κ3) is 1.89. The minimum Gasteiger partial charge on any atom is -0.481 e. The number of imidazole rings is 1. The van der Waals surface area contributed by atoms with Gasteiger partial charge in [0.05, 0.1) is 5.41 Å². The standard InChI is InChI=1S/C11H16N2O3/c14-9(15)11(4-2-1-3-5-11)8-13-7-6-12-10(13)16/h6-7H,1-5,8H2,(H,12,16)(H,14,15). The molecule has 0 radical (unpaired) electrons. The molecule has 2 N–H and O–H groups in total. The summed E-state index contributed by atoms with van der Waals surface area (Å²) in [5, 5.41) is 9.35. The molecule has 0 aromatic carbocycles. The van der Waals surface area contributed by atoms with Crippen molar-refractivity contribution in [1.82, 2.24) is 9.55 Å². The number of hydrogen-bond donors (Lipinski definition) is 2. The van der Waals surface area contributed by atoms with Gasteiger partial charge in [0.25, 0.3) is 0 Å². The molecule has 1 saturated carbocycles. The lowest BCUT2D eigenvalue weighted by Gasteiger charge is -2.32. The van der Waals surface area contributed by atoms with Crippen LogP contribution in [0.15, 0.2) is 17.2 Å². The second-order valence-corrected chi connectivity index (χ2v) is 4.54. The molecule has 5 nitrogen and oxygen atoms in total. The monoisotopic (exact) mass is 224 g/mol. The second-order valence-electron chi connectivity index (χ2n) is 4.54. The van der Waals surface area contributed by atoms with Crippen LogP contribution in [0.2, 0.25) is 0 Å². The van der Waals surface area contributed by atoms with Gasteiger partial charge in [0.15, 0.2) is 0 Å². The predicted molar refractivity (Wildman–Crippen MR) is 58.2 cm³/mol. The summed E-state index contributed by atoms with van der Waals surface area (Å²) in [5.41, 5.74) is -0.976. The first kappa shape index (κ1) is 11.0. The van der Waals surface area contributed by atoms with Gasteiger partial charge in [0.1, 0.15) is 0 Å². The zero-order valence-corrected chi connectivity index (χ0v) is 9.11. The molecule has 1 aromatic heterocycles. The van der Waals surface area contributed by atoms with Gasteiger partial charge in [-0.05, 0) is 12.8 Å². The van der Waals surface area contributed by atoms with Crippen molar-refractivity contribution in [2.24, 2.45) is 5.41 Å². The van der Waals surface area contributed by atoms with Crippen molar-refractivity contribution in [3.05, 3.63) is 22.9 Å². The van der Waals surface area contributed by atoms with Crippen LogP contribution in [-0.2, 0) is 11.3 Å². The van der Waals surface area contributed by atoms with Crippen molar-refractivity contribution in [1.29, 1.82) is 0 Å². The summed E-state index contributed by atoms with van der Waals surface area (Å²) >= 11 is 0. The Bertz CT molecular complexity index is 426. The van der Waals surface area contributed by atoms with Crippen molar-refractivity contribution >= 4 is 5.97 Å². The van der Waals surface area contributed by atoms with Crippen LogP contribution in [0.3, 0.4) is 0 Å². The molecular weight excluding hydrogens is 208 g/mol. The zero-order valence-electron chi connectivity index (χ0n) is 9.11. The summed E-state index contributed by atoms with van der Waals surface area (Å²) in [6.45, 7) is 0.282. The SMILES string of the molecule is O=C(O)C1(Cn2cc[nH]c2=O)CCCCC1. The van der Waals surface area contributed by atoms with Crippen LogP contribution in [-0.4, -0.2) is 20.6 Å². The number of H-pyrrole nitrogens is 1. The van der Waals surface area contributed by atoms with Crippen molar-refractivity contribution in [3.8, 4) is 0 Å². The fourth-order valence-electron chi connectivity index (χ4n) is 2.47. The van der Waals surface area contributed by atoms with Gasteiger partial charge in [-0.3, -0.25) is 9.36 Å². The maximum atomic E-state index is 11.4. The highest BCUT2D eigenvalue weighted by atomic mass is 16.4. The number of nitrogens with one attached hydrogen (secondary N) is 1. The average Bonchev–Trinajstić information content (AvgIpc) is 2.65. The normalized spacial score (nSPS) is 19.5. The zero-order chi connectivity index (χ0) is 11.6. The van der Waals surface area contributed by atoms with Crippen molar-refractivity contribution in [2.45, 2.75) is 38.6 Å². The van der Waals surface area contributed by atoms with Crippen molar-refractivity contribution < 1.29 is 9.90 Å². The second kappa shape index (κ2) is 4.15. The third-order valence-electron chi connectivity index (χ3n) is 3.46. The van der Waals surface area contributed by atoms with Crippen LogP contribution in [0.1, 0.15) is 32.1 Å². The highest BCUT2D eigenvalue weighted by Gasteiger charge is 2.40. The van der Waals surface area contributed by atoms with Crippen LogP contribution in [0.4, 0.5) is 0 Å². The van der Waals surface area contributed by atoms with E-state index in [9.17, 15) is 14.7 Å². The molecule has 0 saturated heterocycles. The molecule has 0 atom stereocenters. The quantitative estimate of drug-likeness (QED) is 0.810. The van der Waals surface area contributed by atoms with Gasteiger partial charge in [-0.15, -0.1) is 0 Å². The molecule has 0 aliphatic heterocycles. The molecule has 88 valence electrons. The largest absolute Gasteiger partial charge is 0.481 e. The lowest BCUT2D eigenvalue weighted by atomic mass is 9.74. The highest BCUT2D eigenvalue weighted by Crippen LogP contribution is 2.37. The van der Waals surface area contributed by atoms with Crippen LogP contribution < -0.4 is 5.69 Å². The molecule has 2 rings (SSSR count). The molecule has 1 aliphatic carbocycles. The Kier molecular flexibility index (Phi) is 2.85. The number of rotatable bonds is 3. The maximum Gasteiger partial charge on any atom is 0.325 e. The molecule has 0 unspecified atom stereocenters. The molecule has 0 amide bonds. The van der Waals surface area contributed by atoms with Crippen LogP contribution >= 0.6 is 0 Å². The van der Waals surface area contributed by atoms with E-state index in [0.717, 1.165) is 19.3 Å². The molecule has 0 spiro atoms. The van der Waals surface area contributed by atoms with Crippen LogP contribution in [0, 0.1) is 5.41 Å². The minimum atomic E-state index is -0.778. The summed E-state index contributed by atoms with van der Waals surface area (Å²) in [5.74, 6) is -0.778. The Labute approximate surface area is 93.1 Å². The number of carboxylic acids is 1. The molecule has 16 heavy (non-hydrogen) atoms.